The molecule has 148 valence electrons. The average Bonchev–Trinajstić information content (AvgIpc) is 3.00. The largest absolute Gasteiger partial charge is 0.357 e. The Morgan fingerprint density at radius 2 is 1.85 bits per heavy atom. The first-order valence-corrected chi connectivity index (χ1v) is 10.6. The lowest BCUT2D eigenvalue weighted by Gasteiger charge is -2.18. The van der Waals surface area contributed by atoms with Crippen LogP contribution in [-0.4, -0.2) is 35.5 Å². The van der Waals surface area contributed by atoms with Crippen LogP contribution in [-0.2, 0) is 19.6 Å². The zero-order valence-electron chi connectivity index (χ0n) is 17.3. The van der Waals surface area contributed by atoms with Crippen molar-refractivity contribution in [2.75, 3.05) is 19.6 Å². The van der Waals surface area contributed by atoms with Gasteiger partial charge in [-0.2, -0.15) is 0 Å². The summed E-state index contributed by atoms with van der Waals surface area (Å²) in [6.07, 6.45) is 0. The van der Waals surface area contributed by atoms with Crippen molar-refractivity contribution in [2.45, 2.75) is 54.3 Å². The monoisotopic (exact) mass is 387 g/mol. The van der Waals surface area contributed by atoms with E-state index in [2.05, 4.69) is 79.4 Å². The van der Waals surface area contributed by atoms with Gasteiger partial charge in [0.25, 0.3) is 0 Å². The fourth-order valence-electron chi connectivity index (χ4n) is 2.82. The molecule has 0 aliphatic heterocycles. The lowest BCUT2D eigenvalue weighted by atomic mass is 10.1. The quantitative estimate of drug-likeness (QED) is 0.507. The predicted octanol–water partition coefficient (Wildman–Crippen LogP) is 3.86. The predicted molar refractivity (Wildman–Crippen MR) is 116 cm³/mol. The highest BCUT2D eigenvalue weighted by Gasteiger charge is 2.05. The smallest absolute Gasteiger partial charge is 0.191 e. The van der Waals surface area contributed by atoms with Crippen LogP contribution in [0.2, 0.25) is 0 Å². The van der Waals surface area contributed by atoms with E-state index < -0.39 is 0 Å². The van der Waals surface area contributed by atoms with E-state index in [1.54, 1.807) is 11.3 Å². The molecular weight excluding hydrogens is 354 g/mol. The third-order valence-corrected chi connectivity index (χ3v) is 5.61. The fraction of sp³-hybridized carbons (Fsp3) is 0.524. The second kappa shape index (κ2) is 11.0. The average molecular weight is 388 g/mol. The van der Waals surface area contributed by atoms with E-state index in [4.69, 9.17) is 4.99 Å². The lowest BCUT2D eigenvalue weighted by Crippen LogP contribution is -2.36. The number of aromatic nitrogens is 1. The number of nitrogens with zero attached hydrogens (tertiary/aromatic N) is 3. The Hall–Kier alpha value is -1.92. The standard InChI is InChI=1S/C21H33N5S/c1-6-22-21(24-14-20-25-16(4)17(5)27-20)23-13-18-10-9-11-19(12-18)15-26(7-2)8-3/h9-12H,6-8,13-15H2,1-5H3,(H2,22,23,24). The molecule has 27 heavy (non-hydrogen) atoms. The number of hydrogen-bond acceptors (Lipinski definition) is 4. The molecule has 1 aromatic heterocycles. The van der Waals surface area contributed by atoms with Gasteiger partial charge in [-0.1, -0.05) is 38.1 Å². The molecule has 2 aromatic rings. The molecule has 0 unspecified atom stereocenters. The van der Waals surface area contributed by atoms with Crippen molar-refractivity contribution in [3.8, 4) is 0 Å². The van der Waals surface area contributed by atoms with Crippen LogP contribution in [0, 0.1) is 13.8 Å². The maximum atomic E-state index is 4.75. The molecule has 6 heteroatoms. The first-order chi connectivity index (χ1) is 13.0. The van der Waals surface area contributed by atoms with Crippen molar-refractivity contribution >= 4 is 17.3 Å². The van der Waals surface area contributed by atoms with Crippen LogP contribution in [0.5, 0.6) is 0 Å². The van der Waals surface area contributed by atoms with Gasteiger partial charge in [0.2, 0.25) is 0 Å². The number of hydrogen-bond donors (Lipinski definition) is 2. The van der Waals surface area contributed by atoms with E-state index in [1.807, 2.05) is 0 Å². The molecule has 5 nitrogen and oxygen atoms in total. The second-order valence-corrected chi connectivity index (χ2v) is 7.87. The van der Waals surface area contributed by atoms with Crippen LogP contribution in [0.15, 0.2) is 29.3 Å². The summed E-state index contributed by atoms with van der Waals surface area (Å²) in [5.74, 6) is 0.831. The molecule has 0 saturated carbocycles. The molecule has 0 aliphatic carbocycles. The maximum Gasteiger partial charge on any atom is 0.191 e. The normalized spacial score (nSPS) is 11.9. The highest BCUT2D eigenvalue weighted by Crippen LogP contribution is 2.16. The summed E-state index contributed by atoms with van der Waals surface area (Å²) in [5, 5.41) is 7.80. The van der Waals surface area contributed by atoms with Crippen LogP contribution < -0.4 is 10.6 Å². The summed E-state index contributed by atoms with van der Waals surface area (Å²) >= 11 is 1.74. The molecule has 0 atom stereocenters. The molecule has 1 aromatic carbocycles. The van der Waals surface area contributed by atoms with Crippen LogP contribution in [0.4, 0.5) is 0 Å². The van der Waals surface area contributed by atoms with Crippen molar-refractivity contribution in [3.63, 3.8) is 0 Å². The first-order valence-electron chi connectivity index (χ1n) is 9.80. The zero-order valence-corrected chi connectivity index (χ0v) is 18.1. The van der Waals surface area contributed by atoms with E-state index in [0.717, 1.165) is 42.8 Å². The lowest BCUT2D eigenvalue weighted by molar-refractivity contribution is 0.296. The molecule has 0 bridgehead atoms. The molecule has 0 saturated heterocycles. The summed E-state index contributed by atoms with van der Waals surface area (Å²) < 4.78 is 0. The third-order valence-electron chi connectivity index (χ3n) is 4.54. The minimum absolute atomic E-state index is 0.664. The summed E-state index contributed by atoms with van der Waals surface area (Å²) in [4.78, 5) is 13.0. The van der Waals surface area contributed by atoms with Crippen LogP contribution in [0.3, 0.4) is 0 Å². The van der Waals surface area contributed by atoms with Gasteiger partial charge in [0.15, 0.2) is 5.96 Å². The van der Waals surface area contributed by atoms with E-state index in [9.17, 15) is 0 Å². The molecule has 0 fully saturated rings. The van der Waals surface area contributed by atoms with Crippen LogP contribution in [0.1, 0.15) is 47.5 Å². The maximum absolute atomic E-state index is 4.75. The molecular formula is C21H33N5S. The van der Waals surface area contributed by atoms with E-state index in [-0.39, 0.29) is 0 Å². The van der Waals surface area contributed by atoms with Gasteiger partial charge in [-0.3, -0.25) is 4.90 Å². The summed E-state index contributed by atoms with van der Waals surface area (Å²) in [5.41, 5.74) is 3.69. The second-order valence-electron chi connectivity index (χ2n) is 6.58. The molecule has 0 spiro atoms. The Bertz CT molecular complexity index is 714. The topological polar surface area (TPSA) is 52.6 Å². The Balaban J connectivity index is 1.98. The minimum atomic E-state index is 0.664. The number of rotatable bonds is 9. The summed E-state index contributed by atoms with van der Waals surface area (Å²) in [6, 6.07) is 8.73. The summed E-state index contributed by atoms with van der Waals surface area (Å²) in [6.45, 7) is 16.0. The van der Waals surface area contributed by atoms with Crippen molar-refractivity contribution < 1.29 is 0 Å². The van der Waals surface area contributed by atoms with Gasteiger partial charge in [0.05, 0.1) is 18.8 Å². The van der Waals surface area contributed by atoms with Gasteiger partial charge < -0.3 is 10.6 Å². The van der Waals surface area contributed by atoms with Crippen molar-refractivity contribution in [2.24, 2.45) is 4.99 Å². The fourth-order valence-corrected chi connectivity index (χ4v) is 3.69. The van der Waals surface area contributed by atoms with Crippen molar-refractivity contribution in [1.29, 1.82) is 0 Å². The van der Waals surface area contributed by atoms with Gasteiger partial charge >= 0.3 is 0 Å². The summed E-state index contributed by atoms with van der Waals surface area (Å²) in [7, 11) is 0. The van der Waals surface area contributed by atoms with Crippen LogP contribution >= 0.6 is 11.3 Å². The number of nitrogens with one attached hydrogen (secondary N) is 2. The Kier molecular flexibility index (Phi) is 8.75. The van der Waals surface area contributed by atoms with Crippen LogP contribution in [0.25, 0.3) is 0 Å². The Morgan fingerprint density at radius 1 is 1.11 bits per heavy atom. The zero-order chi connectivity index (χ0) is 19.6. The number of aryl methyl sites for hydroxylation is 2. The molecule has 2 rings (SSSR count). The van der Waals surface area contributed by atoms with Gasteiger partial charge in [-0.05, 0) is 45.0 Å². The Labute approximate surface area is 167 Å². The van der Waals surface area contributed by atoms with Gasteiger partial charge in [-0.25, -0.2) is 9.98 Å². The van der Waals surface area contributed by atoms with Gasteiger partial charge in [0, 0.05) is 18.0 Å². The molecule has 0 radical (unpaired) electrons. The number of benzene rings is 1. The number of guanidine groups is 1. The first kappa shape index (κ1) is 21.4. The number of aliphatic imine (C=N–C) groups is 1. The SMILES string of the molecule is CCNC(=NCc1cccc(CN(CC)CC)c1)NCc1nc(C)c(C)s1. The third kappa shape index (κ3) is 6.96. The van der Waals surface area contributed by atoms with Crippen molar-refractivity contribution in [1.82, 2.24) is 20.5 Å². The van der Waals surface area contributed by atoms with Gasteiger partial charge in [0.1, 0.15) is 5.01 Å². The minimum Gasteiger partial charge on any atom is -0.357 e. The number of thiazole rings is 1. The van der Waals surface area contributed by atoms with E-state index >= 15 is 0 Å². The van der Waals surface area contributed by atoms with E-state index in [1.165, 1.54) is 16.0 Å². The van der Waals surface area contributed by atoms with E-state index in [0.29, 0.717) is 13.1 Å². The molecule has 2 N–H and O–H groups in total. The highest BCUT2D eigenvalue weighted by molar-refractivity contribution is 7.11. The van der Waals surface area contributed by atoms with Crippen molar-refractivity contribution in [3.05, 3.63) is 51.0 Å². The molecule has 0 amide bonds. The molecule has 0 aliphatic rings. The van der Waals surface area contributed by atoms with Gasteiger partial charge in [-0.15, -0.1) is 11.3 Å². The Morgan fingerprint density at radius 3 is 2.48 bits per heavy atom. The highest BCUT2D eigenvalue weighted by atomic mass is 32.1. The molecule has 1 heterocycles.